The van der Waals surface area contributed by atoms with E-state index in [2.05, 4.69) is 15.7 Å². The first-order valence-corrected chi connectivity index (χ1v) is 8.51. The maximum absolute atomic E-state index is 12.2. The number of ether oxygens (including phenoxy) is 1. The van der Waals surface area contributed by atoms with E-state index < -0.39 is 24.0 Å². The number of esters is 1. The minimum Gasteiger partial charge on any atom is -0.449 e. The van der Waals surface area contributed by atoms with E-state index in [-0.39, 0.29) is 5.56 Å². The summed E-state index contributed by atoms with van der Waals surface area (Å²) in [6.45, 7) is 1.39. The van der Waals surface area contributed by atoms with Crippen molar-refractivity contribution in [2.24, 2.45) is 0 Å². The number of nitrogens with zero attached hydrogens (tertiary/aromatic N) is 2. The monoisotopic (exact) mass is 378 g/mol. The quantitative estimate of drug-likeness (QED) is 0.665. The summed E-state index contributed by atoms with van der Waals surface area (Å²) in [7, 11) is 0. The van der Waals surface area contributed by atoms with E-state index in [0.29, 0.717) is 5.69 Å². The molecule has 0 spiro atoms. The van der Waals surface area contributed by atoms with Crippen LogP contribution in [0.4, 0.5) is 10.5 Å². The number of hydrogen-bond acceptors (Lipinski definition) is 5. The van der Waals surface area contributed by atoms with Gasteiger partial charge in [-0.05, 0) is 49.4 Å². The zero-order valence-electron chi connectivity index (χ0n) is 15.0. The Morgan fingerprint density at radius 1 is 1.00 bits per heavy atom. The Hall–Kier alpha value is -3.94. The predicted octanol–water partition coefficient (Wildman–Crippen LogP) is 2.77. The summed E-state index contributed by atoms with van der Waals surface area (Å²) >= 11 is 0. The number of carbonyl (C=O) groups excluding carboxylic acids is 3. The molecule has 0 aliphatic carbocycles. The molecule has 8 nitrogen and oxygen atoms in total. The molecule has 142 valence electrons. The molecule has 0 saturated heterocycles. The Morgan fingerprint density at radius 2 is 1.71 bits per heavy atom. The number of anilines is 1. The lowest BCUT2D eigenvalue weighted by Gasteiger charge is -2.13. The smallest absolute Gasteiger partial charge is 0.338 e. The van der Waals surface area contributed by atoms with Crippen LogP contribution in [0.15, 0.2) is 73.1 Å². The summed E-state index contributed by atoms with van der Waals surface area (Å²) in [4.78, 5) is 36.1. The molecule has 0 aliphatic rings. The first kappa shape index (κ1) is 18.8. The largest absolute Gasteiger partial charge is 0.449 e. The van der Waals surface area contributed by atoms with Crippen molar-refractivity contribution in [1.29, 1.82) is 0 Å². The van der Waals surface area contributed by atoms with Crippen LogP contribution >= 0.6 is 0 Å². The molecule has 3 aromatic rings. The van der Waals surface area contributed by atoms with Crippen molar-refractivity contribution in [1.82, 2.24) is 15.1 Å². The Kier molecular flexibility index (Phi) is 5.81. The van der Waals surface area contributed by atoms with Crippen molar-refractivity contribution in [3.05, 3.63) is 78.6 Å². The number of aromatic nitrogens is 2. The van der Waals surface area contributed by atoms with Crippen LogP contribution in [0.2, 0.25) is 0 Å². The van der Waals surface area contributed by atoms with Crippen LogP contribution in [0.3, 0.4) is 0 Å². The van der Waals surface area contributed by atoms with E-state index in [1.807, 2.05) is 0 Å². The normalized spacial score (nSPS) is 11.3. The second kappa shape index (κ2) is 8.63. The summed E-state index contributed by atoms with van der Waals surface area (Å²) in [6.07, 6.45) is 2.29. The molecule has 0 saturated carbocycles. The molecule has 2 N–H and O–H groups in total. The standard InChI is InChI=1S/C20H18N4O4/c1-14(18(25)23-20(27)22-16-6-3-2-4-7-16)28-19(26)15-8-10-17(11-9-15)24-13-5-12-21-24/h2-14H,1H3,(H2,22,23,25,27). The van der Waals surface area contributed by atoms with Crippen LogP contribution in [0.1, 0.15) is 17.3 Å². The number of amides is 3. The van der Waals surface area contributed by atoms with Crippen molar-refractivity contribution < 1.29 is 19.1 Å². The molecule has 1 heterocycles. The van der Waals surface area contributed by atoms with Gasteiger partial charge in [-0.3, -0.25) is 10.1 Å². The molecule has 1 aromatic heterocycles. The van der Waals surface area contributed by atoms with Gasteiger partial charge in [0, 0.05) is 18.1 Å². The van der Waals surface area contributed by atoms with Crippen molar-refractivity contribution >= 4 is 23.6 Å². The number of urea groups is 1. The molecule has 0 radical (unpaired) electrons. The average molecular weight is 378 g/mol. The highest BCUT2D eigenvalue weighted by atomic mass is 16.5. The van der Waals surface area contributed by atoms with Gasteiger partial charge >= 0.3 is 12.0 Å². The van der Waals surface area contributed by atoms with Gasteiger partial charge in [-0.1, -0.05) is 18.2 Å². The molecule has 1 unspecified atom stereocenters. The zero-order valence-corrected chi connectivity index (χ0v) is 15.0. The van der Waals surface area contributed by atoms with E-state index in [9.17, 15) is 14.4 Å². The van der Waals surface area contributed by atoms with Gasteiger partial charge in [-0.15, -0.1) is 0 Å². The Bertz CT molecular complexity index is 954. The van der Waals surface area contributed by atoms with E-state index in [4.69, 9.17) is 4.74 Å². The van der Waals surface area contributed by atoms with E-state index >= 15 is 0 Å². The Balaban J connectivity index is 1.53. The molecule has 8 heteroatoms. The minimum atomic E-state index is -1.14. The van der Waals surface area contributed by atoms with Crippen LogP contribution in [0.25, 0.3) is 5.69 Å². The van der Waals surface area contributed by atoms with Crippen LogP contribution in [-0.4, -0.2) is 33.8 Å². The van der Waals surface area contributed by atoms with Crippen molar-refractivity contribution in [2.75, 3.05) is 5.32 Å². The number of carbonyl (C=O) groups is 3. The van der Waals surface area contributed by atoms with E-state index in [1.54, 1.807) is 77.7 Å². The highest BCUT2D eigenvalue weighted by Gasteiger charge is 2.21. The van der Waals surface area contributed by atoms with Gasteiger partial charge in [0.05, 0.1) is 11.3 Å². The fraction of sp³-hybridized carbons (Fsp3) is 0.100. The molecule has 0 fully saturated rings. The molecule has 3 amide bonds. The third-order valence-electron chi connectivity index (χ3n) is 3.79. The first-order valence-electron chi connectivity index (χ1n) is 8.51. The third kappa shape index (κ3) is 4.82. The van der Waals surface area contributed by atoms with Crippen LogP contribution in [0.5, 0.6) is 0 Å². The Morgan fingerprint density at radius 3 is 2.36 bits per heavy atom. The highest BCUT2D eigenvalue weighted by Crippen LogP contribution is 2.11. The number of rotatable bonds is 5. The molecule has 0 aliphatic heterocycles. The van der Waals surface area contributed by atoms with Gasteiger partial charge in [0.2, 0.25) is 0 Å². The predicted molar refractivity (Wildman–Crippen MR) is 102 cm³/mol. The molecular formula is C20H18N4O4. The van der Waals surface area contributed by atoms with E-state index in [1.165, 1.54) is 6.92 Å². The van der Waals surface area contributed by atoms with E-state index in [0.717, 1.165) is 5.69 Å². The van der Waals surface area contributed by atoms with Gasteiger partial charge in [-0.2, -0.15) is 5.10 Å². The van der Waals surface area contributed by atoms with Crippen LogP contribution in [-0.2, 0) is 9.53 Å². The lowest BCUT2D eigenvalue weighted by atomic mass is 10.2. The summed E-state index contributed by atoms with van der Waals surface area (Å²) in [5.74, 6) is -1.40. The average Bonchev–Trinajstić information content (AvgIpc) is 3.23. The number of nitrogens with one attached hydrogen (secondary N) is 2. The molecular weight excluding hydrogens is 360 g/mol. The number of benzene rings is 2. The van der Waals surface area contributed by atoms with Crippen molar-refractivity contribution in [3.8, 4) is 5.69 Å². The third-order valence-corrected chi connectivity index (χ3v) is 3.79. The van der Waals surface area contributed by atoms with Crippen molar-refractivity contribution in [2.45, 2.75) is 13.0 Å². The maximum Gasteiger partial charge on any atom is 0.338 e. The van der Waals surface area contributed by atoms with Gasteiger partial charge in [0.15, 0.2) is 6.10 Å². The summed E-state index contributed by atoms with van der Waals surface area (Å²) in [6, 6.07) is 16.3. The highest BCUT2D eigenvalue weighted by molar-refractivity contribution is 6.03. The SMILES string of the molecule is CC(OC(=O)c1ccc(-n2cccn2)cc1)C(=O)NC(=O)Nc1ccccc1. The molecule has 0 bridgehead atoms. The molecule has 3 rings (SSSR count). The summed E-state index contributed by atoms with van der Waals surface area (Å²) < 4.78 is 6.78. The molecule has 2 aromatic carbocycles. The number of para-hydroxylation sites is 1. The maximum atomic E-state index is 12.2. The summed E-state index contributed by atoms with van der Waals surface area (Å²) in [5, 5.41) is 8.75. The molecule has 1 atom stereocenters. The second-order valence-corrected chi connectivity index (χ2v) is 5.85. The minimum absolute atomic E-state index is 0.282. The fourth-order valence-electron chi connectivity index (χ4n) is 2.35. The zero-order chi connectivity index (χ0) is 19.9. The van der Waals surface area contributed by atoms with Gasteiger partial charge < -0.3 is 10.1 Å². The lowest BCUT2D eigenvalue weighted by molar-refractivity contribution is -0.127. The fourth-order valence-corrected chi connectivity index (χ4v) is 2.35. The number of hydrogen-bond donors (Lipinski definition) is 2. The topological polar surface area (TPSA) is 102 Å². The molecule has 28 heavy (non-hydrogen) atoms. The second-order valence-electron chi connectivity index (χ2n) is 5.85. The first-order chi connectivity index (χ1) is 13.5. The lowest BCUT2D eigenvalue weighted by Crippen LogP contribution is -2.41. The van der Waals surface area contributed by atoms with Crippen LogP contribution < -0.4 is 10.6 Å². The van der Waals surface area contributed by atoms with Crippen LogP contribution in [0, 0.1) is 0 Å². The summed E-state index contributed by atoms with van der Waals surface area (Å²) in [5.41, 5.74) is 1.60. The Labute approximate surface area is 161 Å². The van der Waals surface area contributed by atoms with Crippen molar-refractivity contribution in [3.63, 3.8) is 0 Å². The van der Waals surface area contributed by atoms with Gasteiger partial charge in [0.1, 0.15) is 0 Å². The van der Waals surface area contributed by atoms with Gasteiger partial charge in [-0.25, -0.2) is 14.3 Å². The van der Waals surface area contributed by atoms with Gasteiger partial charge in [0.25, 0.3) is 5.91 Å². The number of imide groups is 1.